The summed E-state index contributed by atoms with van der Waals surface area (Å²) >= 11 is 7.21. The molecule has 0 aliphatic carbocycles. The minimum absolute atomic E-state index is 0.118. The Morgan fingerprint density at radius 2 is 1.82 bits per heavy atom. The van der Waals surface area contributed by atoms with Gasteiger partial charge >= 0.3 is 0 Å². The molecule has 0 radical (unpaired) electrons. The summed E-state index contributed by atoms with van der Waals surface area (Å²) in [5.74, 6) is -0.830. The monoisotopic (exact) mass is 418 g/mol. The molecular weight excluding hydrogens is 404 g/mol. The van der Waals surface area contributed by atoms with E-state index in [0.29, 0.717) is 16.3 Å². The molecule has 28 heavy (non-hydrogen) atoms. The fraction of sp³-hybridized carbons (Fsp3) is 0.158. The smallest absolute Gasteiger partial charge is 0.272 e. The molecule has 1 aliphatic heterocycles. The highest BCUT2D eigenvalue weighted by Crippen LogP contribution is 2.39. The van der Waals surface area contributed by atoms with Gasteiger partial charge in [-0.25, -0.2) is 4.90 Å². The zero-order chi connectivity index (χ0) is 20.4. The maximum Gasteiger partial charge on any atom is 0.272 e. The predicted octanol–water partition coefficient (Wildman–Crippen LogP) is 3.57. The minimum Gasteiger partial charge on any atom is -0.396 e. The third kappa shape index (κ3) is 3.66. The summed E-state index contributed by atoms with van der Waals surface area (Å²) in [6.07, 6.45) is 0. The lowest BCUT2D eigenvalue weighted by molar-refractivity contribution is -0.384. The van der Waals surface area contributed by atoms with Crippen molar-refractivity contribution >= 4 is 52.1 Å². The molecule has 0 spiro atoms. The lowest BCUT2D eigenvalue weighted by atomic mass is 10.1. The second kappa shape index (κ2) is 8.14. The van der Waals surface area contributed by atoms with Gasteiger partial charge in [-0.2, -0.15) is 0 Å². The molecule has 2 amide bonds. The number of aliphatic hydroxyl groups excluding tert-OH is 1. The van der Waals surface area contributed by atoms with Crippen LogP contribution in [0.2, 0.25) is 5.02 Å². The van der Waals surface area contributed by atoms with Gasteiger partial charge in [-0.3, -0.25) is 19.7 Å². The third-order valence-electron chi connectivity index (χ3n) is 4.16. The molecule has 144 valence electrons. The van der Waals surface area contributed by atoms with E-state index in [-0.39, 0.29) is 28.5 Å². The van der Waals surface area contributed by atoms with Crippen LogP contribution in [-0.2, 0) is 9.59 Å². The zero-order valence-corrected chi connectivity index (χ0v) is 16.3. The Labute approximate surface area is 169 Å². The van der Waals surface area contributed by atoms with E-state index in [1.54, 1.807) is 18.2 Å². The number of nitro benzene ring substituents is 1. The maximum atomic E-state index is 13.1. The summed E-state index contributed by atoms with van der Waals surface area (Å²) in [5, 5.41) is 20.4. The zero-order valence-electron chi connectivity index (χ0n) is 14.7. The third-order valence-corrected chi connectivity index (χ3v) is 5.62. The van der Waals surface area contributed by atoms with Crippen molar-refractivity contribution in [3.63, 3.8) is 0 Å². The number of hydrogen-bond acceptors (Lipinski definition) is 6. The molecule has 0 saturated carbocycles. The van der Waals surface area contributed by atoms with Gasteiger partial charge in [-0.15, -0.1) is 11.8 Å². The largest absolute Gasteiger partial charge is 0.396 e. The van der Waals surface area contributed by atoms with Crippen LogP contribution in [0, 0.1) is 17.0 Å². The van der Waals surface area contributed by atoms with Crippen molar-refractivity contribution in [1.29, 1.82) is 0 Å². The van der Waals surface area contributed by atoms with Crippen molar-refractivity contribution in [2.75, 3.05) is 17.3 Å². The van der Waals surface area contributed by atoms with Gasteiger partial charge in [0.1, 0.15) is 0 Å². The number of benzene rings is 2. The van der Waals surface area contributed by atoms with Crippen LogP contribution in [0.3, 0.4) is 0 Å². The second-order valence-electron chi connectivity index (χ2n) is 5.96. The van der Waals surface area contributed by atoms with Gasteiger partial charge in [-0.1, -0.05) is 17.7 Å². The van der Waals surface area contributed by atoms with Crippen LogP contribution >= 0.6 is 23.4 Å². The summed E-state index contributed by atoms with van der Waals surface area (Å²) in [6.45, 7) is 1.64. The summed E-state index contributed by atoms with van der Waals surface area (Å²) in [5.41, 5.74) is 1.57. The van der Waals surface area contributed by atoms with E-state index >= 15 is 0 Å². The molecule has 2 aromatic rings. The number of carbonyl (C=O) groups excluding carboxylic acids is 2. The number of anilines is 1. The lowest BCUT2D eigenvalue weighted by Gasteiger charge is -2.16. The molecular formula is C19H15ClN2O5S. The molecule has 0 atom stereocenters. The predicted molar refractivity (Wildman–Crippen MR) is 108 cm³/mol. The van der Waals surface area contributed by atoms with Crippen LogP contribution in [-0.4, -0.2) is 34.2 Å². The number of aryl methyl sites for hydroxylation is 1. The van der Waals surface area contributed by atoms with Crippen molar-refractivity contribution in [1.82, 2.24) is 0 Å². The van der Waals surface area contributed by atoms with Crippen molar-refractivity contribution in [2.45, 2.75) is 6.92 Å². The van der Waals surface area contributed by atoms with Gasteiger partial charge in [0.25, 0.3) is 17.5 Å². The van der Waals surface area contributed by atoms with E-state index in [0.717, 1.165) is 22.2 Å². The van der Waals surface area contributed by atoms with Crippen molar-refractivity contribution in [2.24, 2.45) is 0 Å². The van der Waals surface area contributed by atoms with Crippen LogP contribution < -0.4 is 4.90 Å². The average molecular weight is 419 g/mol. The quantitative estimate of drug-likeness (QED) is 0.437. The molecule has 1 heterocycles. The number of nitrogens with zero attached hydrogens (tertiary/aromatic N) is 2. The number of imide groups is 1. The Kier molecular flexibility index (Phi) is 5.83. The topological polar surface area (TPSA) is 101 Å². The second-order valence-corrected chi connectivity index (χ2v) is 7.47. The number of nitro groups is 1. The minimum atomic E-state index is -0.542. The molecule has 0 saturated heterocycles. The van der Waals surface area contributed by atoms with E-state index in [2.05, 4.69) is 0 Å². The van der Waals surface area contributed by atoms with Crippen molar-refractivity contribution < 1.29 is 19.6 Å². The number of carbonyl (C=O) groups is 2. The average Bonchev–Trinajstić information content (AvgIpc) is 2.92. The Balaban J connectivity index is 2.06. The fourth-order valence-corrected chi connectivity index (χ4v) is 3.79. The van der Waals surface area contributed by atoms with Crippen molar-refractivity contribution in [3.8, 4) is 0 Å². The van der Waals surface area contributed by atoms with Crippen LogP contribution in [0.25, 0.3) is 5.57 Å². The van der Waals surface area contributed by atoms with Crippen LogP contribution in [0.1, 0.15) is 11.1 Å². The standard InChI is InChI=1S/C19H15ClN2O5S/c1-11-2-5-14(10-15(11)20)21-18(24)16(17(19(21)25)28-9-8-23)12-3-6-13(7-4-12)22(26)27/h2-7,10,23H,8-9H2,1H3. The molecule has 2 aromatic carbocycles. The number of rotatable bonds is 6. The molecule has 0 unspecified atom stereocenters. The van der Waals surface area contributed by atoms with Crippen molar-refractivity contribution in [3.05, 3.63) is 73.6 Å². The number of hydrogen-bond donors (Lipinski definition) is 1. The summed E-state index contributed by atoms with van der Waals surface area (Å²) in [7, 11) is 0. The van der Waals surface area contributed by atoms with Gasteiger partial charge in [0.05, 0.1) is 27.7 Å². The number of aliphatic hydroxyl groups is 1. The normalized spacial score (nSPS) is 14.2. The molecule has 0 fully saturated rings. The molecule has 1 aliphatic rings. The van der Waals surface area contributed by atoms with Gasteiger partial charge in [0.2, 0.25) is 0 Å². The van der Waals surface area contributed by atoms with Gasteiger partial charge in [0, 0.05) is 22.9 Å². The summed E-state index contributed by atoms with van der Waals surface area (Å²) in [6, 6.07) is 10.3. The number of halogens is 1. The van der Waals surface area contributed by atoms with E-state index in [9.17, 15) is 19.7 Å². The highest BCUT2D eigenvalue weighted by molar-refractivity contribution is 8.04. The summed E-state index contributed by atoms with van der Waals surface area (Å²) in [4.78, 5) is 37.6. The first kappa shape index (κ1) is 20.1. The SMILES string of the molecule is Cc1ccc(N2C(=O)C(SCCO)=C(c3ccc([N+](=O)[O-])cc3)C2=O)cc1Cl. The van der Waals surface area contributed by atoms with Gasteiger partial charge in [0.15, 0.2) is 0 Å². The van der Waals surface area contributed by atoms with E-state index in [1.807, 2.05) is 6.92 Å². The highest BCUT2D eigenvalue weighted by Gasteiger charge is 2.40. The number of non-ortho nitro benzene ring substituents is 1. The Bertz CT molecular complexity index is 1000. The first-order valence-corrected chi connectivity index (χ1v) is 9.59. The first-order valence-electron chi connectivity index (χ1n) is 8.23. The van der Waals surface area contributed by atoms with Crippen LogP contribution in [0.15, 0.2) is 47.4 Å². The molecule has 7 nitrogen and oxygen atoms in total. The lowest BCUT2D eigenvalue weighted by Crippen LogP contribution is -2.31. The van der Waals surface area contributed by atoms with Gasteiger partial charge < -0.3 is 5.11 Å². The van der Waals surface area contributed by atoms with Gasteiger partial charge in [-0.05, 0) is 42.3 Å². The van der Waals surface area contributed by atoms with Crippen LogP contribution in [0.5, 0.6) is 0 Å². The van der Waals surface area contributed by atoms with E-state index < -0.39 is 16.7 Å². The van der Waals surface area contributed by atoms with Crippen LogP contribution in [0.4, 0.5) is 11.4 Å². The summed E-state index contributed by atoms with van der Waals surface area (Å²) < 4.78 is 0. The Morgan fingerprint density at radius 3 is 2.39 bits per heavy atom. The molecule has 9 heteroatoms. The Morgan fingerprint density at radius 1 is 1.14 bits per heavy atom. The van der Waals surface area contributed by atoms with E-state index in [1.165, 1.54) is 24.3 Å². The fourth-order valence-electron chi connectivity index (χ4n) is 2.75. The number of thioether (sulfide) groups is 1. The highest BCUT2D eigenvalue weighted by atomic mass is 35.5. The molecule has 3 rings (SSSR count). The number of amides is 2. The molecule has 0 bridgehead atoms. The van der Waals surface area contributed by atoms with E-state index in [4.69, 9.17) is 16.7 Å². The first-order chi connectivity index (χ1) is 13.3. The maximum absolute atomic E-state index is 13.1. The molecule has 1 N–H and O–H groups in total. The molecule has 0 aromatic heterocycles. The Hall–Kier alpha value is -2.68.